The van der Waals surface area contributed by atoms with Crippen molar-refractivity contribution in [2.75, 3.05) is 32.1 Å². The summed E-state index contributed by atoms with van der Waals surface area (Å²) in [6.07, 6.45) is 2.10. The number of methoxy groups -OCH3 is 1. The van der Waals surface area contributed by atoms with Crippen molar-refractivity contribution in [3.05, 3.63) is 21.2 Å². The van der Waals surface area contributed by atoms with Crippen LogP contribution in [0.3, 0.4) is 0 Å². The summed E-state index contributed by atoms with van der Waals surface area (Å²) in [5, 5.41) is 5.84. The molecule has 0 atom stereocenters. The van der Waals surface area contributed by atoms with Gasteiger partial charge in [0.1, 0.15) is 5.82 Å². The van der Waals surface area contributed by atoms with Crippen molar-refractivity contribution in [1.29, 1.82) is 0 Å². The molecule has 1 rings (SSSR count). The van der Waals surface area contributed by atoms with E-state index in [0.717, 1.165) is 14.8 Å². The van der Waals surface area contributed by atoms with Gasteiger partial charge in [0.15, 0.2) is 0 Å². The fraction of sp³-hybridized carbons (Fsp3) is 0.455. The largest absolute Gasteiger partial charge is 0.383 e. The van der Waals surface area contributed by atoms with Crippen LogP contribution in [-0.2, 0) is 9.53 Å². The molecular formula is C11H15Br2N3O2. The second-order valence-electron chi connectivity index (χ2n) is 3.50. The summed E-state index contributed by atoms with van der Waals surface area (Å²) in [5.74, 6) is 0.718. The van der Waals surface area contributed by atoms with E-state index in [0.29, 0.717) is 26.1 Å². The number of amides is 1. The summed E-state index contributed by atoms with van der Waals surface area (Å²) < 4.78 is 6.60. The van der Waals surface area contributed by atoms with Crippen LogP contribution in [0.15, 0.2) is 21.2 Å². The zero-order valence-corrected chi connectivity index (χ0v) is 13.2. The first-order valence-electron chi connectivity index (χ1n) is 5.44. The molecule has 0 unspecified atom stereocenters. The third-order valence-electron chi connectivity index (χ3n) is 2.08. The summed E-state index contributed by atoms with van der Waals surface area (Å²) in [7, 11) is 1.60. The second kappa shape index (κ2) is 8.44. The minimum absolute atomic E-state index is 0.00668. The van der Waals surface area contributed by atoms with Gasteiger partial charge >= 0.3 is 0 Å². The highest BCUT2D eigenvalue weighted by Gasteiger charge is 2.03. The number of ether oxygens (including phenoxy) is 1. The first kappa shape index (κ1) is 15.4. The summed E-state index contributed by atoms with van der Waals surface area (Å²) in [6.45, 7) is 1.60. The highest BCUT2D eigenvalue weighted by Crippen LogP contribution is 2.23. The van der Waals surface area contributed by atoms with Crippen LogP contribution in [0, 0.1) is 0 Å². The topological polar surface area (TPSA) is 63.2 Å². The number of hydrogen-bond donors (Lipinski definition) is 2. The summed E-state index contributed by atoms with van der Waals surface area (Å²) in [6, 6.07) is 1.90. The molecule has 0 fully saturated rings. The Hall–Kier alpha value is -0.660. The maximum absolute atomic E-state index is 11.4. The van der Waals surface area contributed by atoms with Crippen molar-refractivity contribution in [1.82, 2.24) is 10.3 Å². The number of hydrogen-bond acceptors (Lipinski definition) is 4. The lowest BCUT2D eigenvalue weighted by Gasteiger charge is -2.08. The fourth-order valence-electron chi connectivity index (χ4n) is 1.22. The van der Waals surface area contributed by atoms with Gasteiger partial charge in [-0.15, -0.1) is 0 Å². The molecule has 1 amide bonds. The van der Waals surface area contributed by atoms with E-state index in [1.165, 1.54) is 0 Å². The van der Waals surface area contributed by atoms with E-state index in [4.69, 9.17) is 4.74 Å². The average molecular weight is 381 g/mol. The molecule has 0 saturated heterocycles. The van der Waals surface area contributed by atoms with E-state index >= 15 is 0 Å². The van der Waals surface area contributed by atoms with Crippen molar-refractivity contribution < 1.29 is 9.53 Å². The molecule has 0 radical (unpaired) electrons. The van der Waals surface area contributed by atoms with Crippen molar-refractivity contribution in [2.45, 2.75) is 6.42 Å². The quantitative estimate of drug-likeness (QED) is 0.711. The standard InChI is InChI=1S/C11H15Br2N3O2/c1-18-5-4-14-10(17)2-3-15-11-9(13)6-8(12)7-16-11/h6-7H,2-5H2,1H3,(H,14,17)(H,15,16). The summed E-state index contributed by atoms with van der Waals surface area (Å²) in [5.41, 5.74) is 0. The highest BCUT2D eigenvalue weighted by atomic mass is 79.9. The normalized spacial score (nSPS) is 10.2. The molecule has 0 aliphatic rings. The number of anilines is 1. The molecule has 0 saturated carbocycles. The predicted octanol–water partition coefficient (Wildman–Crippen LogP) is 2.17. The molecule has 1 aromatic rings. The van der Waals surface area contributed by atoms with Crippen LogP contribution in [0.4, 0.5) is 5.82 Å². The van der Waals surface area contributed by atoms with E-state index in [9.17, 15) is 4.79 Å². The zero-order chi connectivity index (χ0) is 13.4. The van der Waals surface area contributed by atoms with Crippen LogP contribution in [-0.4, -0.2) is 37.7 Å². The van der Waals surface area contributed by atoms with Crippen LogP contribution in [0.5, 0.6) is 0 Å². The van der Waals surface area contributed by atoms with E-state index < -0.39 is 0 Å². The van der Waals surface area contributed by atoms with E-state index in [2.05, 4.69) is 47.5 Å². The number of pyridine rings is 1. The van der Waals surface area contributed by atoms with Gasteiger partial charge in [-0.25, -0.2) is 4.98 Å². The lowest BCUT2D eigenvalue weighted by Crippen LogP contribution is -2.28. The first-order valence-corrected chi connectivity index (χ1v) is 7.02. The van der Waals surface area contributed by atoms with Gasteiger partial charge in [0.25, 0.3) is 0 Å². The number of carbonyl (C=O) groups is 1. The number of halogens is 2. The van der Waals surface area contributed by atoms with Crippen LogP contribution >= 0.6 is 31.9 Å². The highest BCUT2D eigenvalue weighted by molar-refractivity contribution is 9.11. The van der Waals surface area contributed by atoms with Gasteiger partial charge in [-0.1, -0.05) is 0 Å². The molecule has 5 nitrogen and oxygen atoms in total. The lowest BCUT2D eigenvalue weighted by atomic mass is 10.4. The average Bonchev–Trinajstić information content (AvgIpc) is 2.32. The maximum Gasteiger partial charge on any atom is 0.221 e. The number of nitrogens with one attached hydrogen (secondary N) is 2. The Morgan fingerprint density at radius 2 is 2.22 bits per heavy atom. The summed E-state index contributed by atoms with van der Waals surface area (Å²) in [4.78, 5) is 15.6. The smallest absolute Gasteiger partial charge is 0.221 e. The second-order valence-corrected chi connectivity index (χ2v) is 5.27. The van der Waals surface area contributed by atoms with Gasteiger partial charge in [0, 0.05) is 37.3 Å². The molecule has 1 aromatic heterocycles. The first-order chi connectivity index (χ1) is 8.63. The third kappa shape index (κ3) is 5.79. The number of rotatable bonds is 7. The van der Waals surface area contributed by atoms with Crippen LogP contribution < -0.4 is 10.6 Å². The van der Waals surface area contributed by atoms with Crippen molar-refractivity contribution in [2.24, 2.45) is 0 Å². The molecule has 2 N–H and O–H groups in total. The molecule has 1 heterocycles. The van der Waals surface area contributed by atoms with Crippen molar-refractivity contribution in [3.8, 4) is 0 Å². The Labute approximate surface area is 123 Å². The van der Waals surface area contributed by atoms with Crippen molar-refractivity contribution in [3.63, 3.8) is 0 Å². The van der Waals surface area contributed by atoms with E-state index in [1.807, 2.05) is 6.07 Å². The van der Waals surface area contributed by atoms with Gasteiger partial charge in [0.05, 0.1) is 11.1 Å². The Bertz CT molecular complexity index is 402. The Morgan fingerprint density at radius 3 is 2.89 bits per heavy atom. The zero-order valence-electron chi connectivity index (χ0n) is 10.0. The molecule has 18 heavy (non-hydrogen) atoms. The SMILES string of the molecule is COCCNC(=O)CCNc1ncc(Br)cc1Br. The van der Waals surface area contributed by atoms with Crippen LogP contribution in [0.1, 0.15) is 6.42 Å². The molecule has 100 valence electrons. The number of carbonyl (C=O) groups excluding carboxylic acids is 1. The Balaban J connectivity index is 2.26. The minimum atomic E-state index is -0.00668. The molecule has 7 heteroatoms. The van der Waals surface area contributed by atoms with E-state index in [-0.39, 0.29) is 5.91 Å². The molecule has 0 spiro atoms. The maximum atomic E-state index is 11.4. The van der Waals surface area contributed by atoms with Gasteiger partial charge in [-0.3, -0.25) is 4.79 Å². The van der Waals surface area contributed by atoms with Crippen LogP contribution in [0.2, 0.25) is 0 Å². The predicted molar refractivity (Wildman–Crippen MR) is 77.6 cm³/mol. The Kier molecular flexibility index (Phi) is 7.22. The summed E-state index contributed by atoms with van der Waals surface area (Å²) >= 11 is 6.72. The van der Waals surface area contributed by atoms with Crippen molar-refractivity contribution >= 4 is 43.6 Å². The van der Waals surface area contributed by atoms with Gasteiger partial charge in [-0.2, -0.15) is 0 Å². The van der Waals surface area contributed by atoms with Gasteiger partial charge in [-0.05, 0) is 37.9 Å². The molecular weight excluding hydrogens is 366 g/mol. The van der Waals surface area contributed by atoms with Crippen LogP contribution in [0.25, 0.3) is 0 Å². The van der Waals surface area contributed by atoms with Gasteiger partial charge < -0.3 is 15.4 Å². The number of aromatic nitrogens is 1. The fourth-order valence-corrected chi connectivity index (χ4v) is 2.35. The molecule has 0 aliphatic carbocycles. The van der Waals surface area contributed by atoms with E-state index in [1.54, 1.807) is 13.3 Å². The monoisotopic (exact) mass is 379 g/mol. The molecule has 0 aromatic carbocycles. The number of nitrogens with zero attached hydrogens (tertiary/aromatic N) is 1. The minimum Gasteiger partial charge on any atom is -0.383 e. The van der Waals surface area contributed by atoms with Gasteiger partial charge in [0.2, 0.25) is 5.91 Å². The Morgan fingerprint density at radius 1 is 1.44 bits per heavy atom. The molecule has 0 aliphatic heterocycles. The lowest BCUT2D eigenvalue weighted by molar-refractivity contribution is -0.121. The third-order valence-corrected chi connectivity index (χ3v) is 3.12. The molecule has 0 bridgehead atoms.